The van der Waals surface area contributed by atoms with Crippen molar-refractivity contribution in [2.75, 3.05) is 20.8 Å². The minimum absolute atomic E-state index is 0.0650. The molecule has 0 heterocycles. The van der Waals surface area contributed by atoms with Gasteiger partial charge >= 0.3 is 5.97 Å². The number of carbonyl (C=O) groups excluding carboxylic acids is 2. The molecule has 2 atom stereocenters. The number of hydrogen-bond acceptors (Lipinski definition) is 5. The molecule has 0 aromatic heterocycles. The van der Waals surface area contributed by atoms with Crippen LogP contribution in [0.25, 0.3) is 5.57 Å². The van der Waals surface area contributed by atoms with Crippen molar-refractivity contribution in [1.82, 2.24) is 0 Å². The van der Waals surface area contributed by atoms with E-state index in [-0.39, 0.29) is 17.4 Å². The van der Waals surface area contributed by atoms with Crippen LogP contribution in [-0.2, 0) is 14.3 Å². The van der Waals surface area contributed by atoms with E-state index in [0.717, 1.165) is 11.1 Å². The van der Waals surface area contributed by atoms with E-state index in [9.17, 15) is 14.0 Å². The van der Waals surface area contributed by atoms with Crippen molar-refractivity contribution in [3.05, 3.63) is 64.4 Å². The van der Waals surface area contributed by atoms with E-state index in [4.69, 9.17) is 25.8 Å². The van der Waals surface area contributed by atoms with Gasteiger partial charge in [-0.05, 0) is 60.4 Å². The van der Waals surface area contributed by atoms with Crippen LogP contribution in [0.15, 0.2) is 42.5 Å². The highest BCUT2D eigenvalue weighted by Gasteiger charge is 2.40. The summed E-state index contributed by atoms with van der Waals surface area (Å²) < 4.78 is 29.4. The van der Waals surface area contributed by atoms with Gasteiger partial charge in [0.25, 0.3) is 0 Å². The Morgan fingerprint density at radius 2 is 1.87 bits per heavy atom. The zero-order chi connectivity index (χ0) is 21.8. The highest BCUT2D eigenvalue weighted by molar-refractivity contribution is 6.30. The largest absolute Gasteiger partial charge is 0.493 e. The third-order valence-corrected chi connectivity index (χ3v) is 5.42. The van der Waals surface area contributed by atoms with Crippen LogP contribution in [0.5, 0.6) is 11.5 Å². The number of rotatable bonds is 6. The normalized spacial score (nSPS) is 18.6. The summed E-state index contributed by atoms with van der Waals surface area (Å²) in [4.78, 5) is 25.5. The number of methoxy groups -OCH3 is 2. The molecule has 0 unspecified atom stereocenters. The molecule has 0 radical (unpaired) electrons. The SMILES string of the molecule is CCOC(=O)[C@@H]1C(=O)C=C(c2ccc(OC)c(OC)c2)C[C@@H]1c1ccc(F)c(Cl)c1. The van der Waals surface area contributed by atoms with Crippen LogP contribution in [0, 0.1) is 11.7 Å². The molecule has 0 spiro atoms. The van der Waals surface area contributed by atoms with E-state index in [0.29, 0.717) is 23.5 Å². The van der Waals surface area contributed by atoms with Crippen molar-refractivity contribution in [3.8, 4) is 11.5 Å². The standard InChI is InChI=1S/C23H22ClFO5/c1-4-30-23(27)22-16(14-5-7-18(25)17(24)10-14)9-15(11-19(22)26)13-6-8-20(28-2)21(12-13)29-3/h5-8,10-12,16,22H,4,9H2,1-3H3/t16-,22+/m1/s1. The lowest BCUT2D eigenvalue weighted by Gasteiger charge is -2.29. The molecule has 3 rings (SSSR count). The zero-order valence-corrected chi connectivity index (χ0v) is 17.7. The van der Waals surface area contributed by atoms with E-state index in [1.165, 1.54) is 25.3 Å². The van der Waals surface area contributed by atoms with Gasteiger partial charge < -0.3 is 14.2 Å². The lowest BCUT2D eigenvalue weighted by atomic mass is 9.73. The van der Waals surface area contributed by atoms with E-state index in [2.05, 4.69) is 0 Å². The fourth-order valence-corrected chi connectivity index (χ4v) is 3.87. The van der Waals surface area contributed by atoms with Gasteiger partial charge in [-0.25, -0.2) is 4.39 Å². The molecule has 0 aliphatic heterocycles. The maximum absolute atomic E-state index is 13.7. The van der Waals surface area contributed by atoms with E-state index in [1.807, 2.05) is 6.07 Å². The minimum Gasteiger partial charge on any atom is -0.493 e. The number of esters is 1. The van der Waals surface area contributed by atoms with Gasteiger partial charge in [-0.1, -0.05) is 23.7 Å². The molecule has 5 nitrogen and oxygen atoms in total. The molecule has 0 N–H and O–H groups in total. The number of allylic oxidation sites excluding steroid dienone is 2. The first-order valence-electron chi connectivity index (χ1n) is 9.48. The number of ether oxygens (including phenoxy) is 3. The smallest absolute Gasteiger partial charge is 0.317 e. The molecule has 0 saturated carbocycles. The molecule has 0 saturated heterocycles. The average molecular weight is 433 g/mol. The van der Waals surface area contributed by atoms with Crippen molar-refractivity contribution in [2.24, 2.45) is 5.92 Å². The Bertz CT molecular complexity index is 1000. The predicted molar refractivity (Wildman–Crippen MR) is 111 cm³/mol. The van der Waals surface area contributed by atoms with Crippen molar-refractivity contribution in [1.29, 1.82) is 0 Å². The van der Waals surface area contributed by atoms with Crippen molar-refractivity contribution >= 4 is 28.9 Å². The molecule has 0 bridgehead atoms. The summed E-state index contributed by atoms with van der Waals surface area (Å²) in [6, 6.07) is 9.58. The Morgan fingerprint density at radius 1 is 1.13 bits per heavy atom. The molecule has 30 heavy (non-hydrogen) atoms. The Hall–Kier alpha value is -2.86. The number of ketones is 1. The first-order chi connectivity index (χ1) is 14.4. The van der Waals surface area contributed by atoms with Crippen LogP contribution in [0.1, 0.15) is 30.4 Å². The van der Waals surface area contributed by atoms with Crippen molar-refractivity contribution in [2.45, 2.75) is 19.3 Å². The van der Waals surface area contributed by atoms with Crippen LogP contribution >= 0.6 is 11.6 Å². The fraction of sp³-hybridized carbons (Fsp3) is 0.304. The van der Waals surface area contributed by atoms with Gasteiger partial charge in [0.15, 0.2) is 17.3 Å². The summed E-state index contributed by atoms with van der Waals surface area (Å²) in [5, 5.41) is -0.0650. The highest BCUT2D eigenvalue weighted by Crippen LogP contribution is 2.42. The molecule has 158 valence electrons. The van der Waals surface area contributed by atoms with Crippen LogP contribution in [-0.4, -0.2) is 32.6 Å². The van der Waals surface area contributed by atoms with Crippen LogP contribution in [0.2, 0.25) is 5.02 Å². The van der Waals surface area contributed by atoms with Crippen LogP contribution < -0.4 is 9.47 Å². The van der Waals surface area contributed by atoms with Crippen molar-refractivity contribution < 1.29 is 28.2 Å². The summed E-state index contributed by atoms with van der Waals surface area (Å²) >= 11 is 5.96. The van der Waals surface area contributed by atoms with Crippen LogP contribution in [0.4, 0.5) is 4.39 Å². The highest BCUT2D eigenvalue weighted by atomic mass is 35.5. The Kier molecular flexibility index (Phi) is 6.77. The van der Waals surface area contributed by atoms with Gasteiger partial charge in [0.1, 0.15) is 11.7 Å². The summed E-state index contributed by atoms with van der Waals surface area (Å²) in [5.41, 5.74) is 2.09. The van der Waals surface area contributed by atoms with E-state index >= 15 is 0 Å². The lowest BCUT2D eigenvalue weighted by molar-refractivity contribution is -0.151. The topological polar surface area (TPSA) is 61.8 Å². The molecule has 7 heteroatoms. The Morgan fingerprint density at radius 3 is 2.50 bits per heavy atom. The van der Waals surface area contributed by atoms with Gasteiger partial charge in [0.2, 0.25) is 0 Å². The van der Waals surface area contributed by atoms with Gasteiger partial charge in [0.05, 0.1) is 25.8 Å². The second kappa shape index (κ2) is 9.30. The molecule has 0 fully saturated rings. The van der Waals surface area contributed by atoms with Gasteiger partial charge in [-0.3, -0.25) is 9.59 Å². The lowest BCUT2D eigenvalue weighted by Crippen LogP contribution is -2.34. The maximum atomic E-state index is 13.7. The van der Waals surface area contributed by atoms with Gasteiger partial charge in [0, 0.05) is 5.92 Å². The number of carbonyl (C=O) groups is 2. The summed E-state index contributed by atoms with van der Waals surface area (Å²) in [6.07, 6.45) is 1.83. The fourth-order valence-electron chi connectivity index (χ4n) is 3.68. The molecule has 2 aromatic rings. The summed E-state index contributed by atoms with van der Waals surface area (Å²) in [5.74, 6) is -2.00. The molecule has 1 aliphatic carbocycles. The molecule has 2 aromatic carbocycles. The van der Waals surface area contributed by atoms with Gasteiger partial charge in [-0.2, -0.15) is 0 Å². The quantitative estimate of drug-likeness (QED) is 0.484. The zero-order valence-electron chi connectivity index (χ0n) is 16.9. The molecular formula is C23H22ClFO5. The number of halogens is 2. The molecule has 1 aliphatic rings. The van der Waals surface area contributed by atoms with E-state index < -0.39 is 23.6 Å². The second-order valence-electron chi connectivity index (χ2n) is 6.86. The first kappa shape index (κ1) is 21.8. The molecular weight excluding hydrogens is 411 g/mol. The number of benzene rings is 2. The van der Waals surface area contributed by atoms with E-state index in [1.54, 1.807) is 32.2 Å². The van der Waals surface area contributed by atoms with Crippen LogP contribution in [0.3, 0.4) is 0 Å². The average Bonchev–Trinajstić information content (AvgIpc) is 2.74. The Labute approximate surface area is 179 Å². The Balaban J connectivity index is 2.06. The number of hydrogen-bond donors (Lipinski definition) is 0. The third kappa shape index (κ3) is 4.33. The minimum atomic E-state index is -1.02. The monoisotopic (exact) mass is 432 g/mol. The van der Waals surface area contributed by atoms with Gasteiger partial charge in [-0.15, -0.1) is 0 Å². The van der Waals surface area contributed by atoms with Crippen molar-refractivity contribution in [3.63, 3.8) is 0 Å². The predicted octanol–water partition coefficient (Wildman–Crippen LogP) is 4.82. The second-order valence-corrected chi connectivity index (χ2v) is 7.26. The molecule has 0 amide bonds. The summed E-state index contributed by atoms with van der Waals surface area (Å²) in [7, 11) is 3.07. The maximum Gasteiger partial charge on any atom is 0.317 e. The summed E-state index contributed by atoms with van der Waals surface area (Å²) in [6.45, 7) is 1.84. The first-order valence-corrected chi connectivity index (χ1v) is 9.85. The third-order valence-electron chi connectivity index (χ3n) is 5.13.